The second-order valence-electron chi connectivity index (χ2n) is 7.55. The van der Waals surface area contributed by atoms with Crippen LogP contribution in [0, 0.1) is 5.92 Å². The zero-order valence-corrected chi connectivity index (χ0v) is 21.0. The molecule has 1 fully saturated rings. The second-order valence-corrected chi connectivity index (χ2v) is 7.55. The minimum absolute atomic E-state index is 0. The van der Waals surface area contributed by atoms with Gasteiger partial charge in [0.1, 0.15) is 12.4 Å². The van der Waals surface area contributed by atoms with E-state index in [-0.39, 0.29) is 35.8 Å². The third kappa shape index (κ3) is 10.4. The van der Waals surface area contributed by atoms with E-state index in [2.05, 4.69) is 29.0 Å². The molecule has 1 aromatic rings. The molecule has 0 atom stereocenters. The van der Waals surface area contributed by atoms with Crippen molar-refractivity contribution in [2.45, 2.75) is 39.2 Å². The number of nitrogens with two attached hydrogens (primary N) is 1. The number of benzene rings is 1. The second kappa shape index (κ2) is 15.9. The summed E-state index contributed by atoms with van der Waals surface area (Å²) >= 11 is 0. The molecule has 0 radical (unpaired) electrons. The van der Waals surface area contributed by atoms with Crippen molar-refractivity contribution >= 4 is 35.8 Å². The van der Waals surface area contributed by atoms with Crippen LogP contribution >= 0.6 is 24.0 Å². The van der Waals surface area contributed by atoms with Crippen molar-refractivity contribution in [3.63, 3.8) is 0 Å². The van der Waals surface area contributed by atoms with Crippen LogP contribution in [-0.4, -0.2) is 56.1 Å². The molecule has 0 spiro atoms. The molecular formula is C23H38IN5O2. The van der Waals surface area contributed by atoms with Gasteiger partial charge in [-0.3, -0.25) is 4.79 Å². The van der Waals surface area contributed by atoms with Gasteiger partial charge in [-0.2, -0.15) is 0 Å². The van der Waals surface area contributed by atoms with E-state index >= 15 is 0 Å². The molecule has 1 aromatic carbocycles. The molecule has 0 aliphatic carbocycles. The van der Waals surface area contributed by atoms with E-state index in [9.17, 15) is 4.79 Å². The van der Waals surface area contributed by atoms with E-state index in [0.717, 1.165) is 75.7 Å². The quantitative estimate of drug-likeness (QED) is 0.124. The van der Waals surface area contributed by atoms with Crippen LogP contribution in [0.15, 0.2) is 41.9 Å². The van der Waals surface area contributed by atoms with Crippen LogP contribution < -0.4 is 21.1 Å². The topological polar surface area (TPSA) is 92.0 Å². The van der Waals surface area contributed by atoms with Crippen molar-refractivity contribution in [1.82, 2.24) is 15.5 Å². The van der Waals surface area contributed by atoms with Gasteiger partial charge in [-0.05, 0) is 58.3 Å². The number of unbranched alkanes of at least 4 members (excludes halogenated alkanes) is 1. The lowest BCUT2D eigenvalue weighted by atomic mass is 9.96. The summed E-state index contributed by atoms with van der Waals surface area (Å²) in [4.78, 5) is 18.4. The Morgan fingerprint density at radius 1 is 1.29 bits per heavy atom. The van der Waals surface area contributed by atoms with Gasteiger partial charge >= 0.3 is 0 Å². The zero-order chi connectivity index (χ0) is 21.6. The van der Waals surface area contributed by atoms with Gasteiger partial charge in [0.15, 0.2) is 5.96 Å². The molecule has 31 heavy (non-hydrogen) atoms. The smallest absolute Gasteiger partial charge is 0.220 e. The lowest BCUT2D eigenvalue weighted by Crippen LogP contribution is -2.39. The number of amides is 1. The fourth-order valence-electron chi connectivity index (χ4n) is 3.54. The highest BCUT2D eigenvalue weighted by Crippen LogP contribution is 2.19. The SMILES string of the molecule is C=CCOc1ccccc1CN=C(NCC)NCCCCN1CCC(C(N)=O)CC1.I. The van der Waals surface area contributed by atoms with Gasteiger partial charge < -0.3 is 26.0 Å². The van der Waals surface area contributed by atoms with Gasteiger partial charge in [-0.15, -0.1) is 24.0 Å². The summed E-state index contributed by atoms with van der Waals surface area (Å²) in [6.07, 6.45) is 5.71. The third-order valence-electron chi connectivity index (χ3n) is 5.26. The molecule has 1 saturated heterocycles. The number of likely N-dealkylation sites (tertiary alicyclic amines) is 1. The standard InChI is InChI=1S/C23H37N5O2.HI/c1-3-17-30-21-10-6-5-9-20(21)18-27-23(25-4-2)26-13-7-8-14-28-15-11-19(12-16-28)22(24)29;/h3,5-6,9-10,19H,1,4,7-8,11-18H2,2H3,(H2,24,29)(H2,25,26,27);1H. The Hall–Kier alpha value is -1.81. The summed E-state index contributed by atoms with van der Waals surface area (Å²) in [6.45, 7) is 11.5. The number of piperidine rings is 1. The maximum Gasteiger partial charge on any atom is 0.220 e. The number of nitrogens with zero attached hydrogens (tertiary/aromatic N) is 2. The number of aliphatic imine (C=N–C) groups is 1. The first-order valence-electron chi connectivity index (χ1n) is 11.0. The fraction of sp³-hybridized carbons (Fsp3) is 0.565. The van der Waals surface area contributed by atoms with Gasteiger partial charge in [0.25, 0.3) is 0 Å². The molecule has 0 bridgehead atoms. The first-order valence-corrected chi connectivity index (χ1v) is 11.0. The van der Waals surface area contributed by atoms with Crippen molar-refractivity contribution in [1.29, 1.82) is 0 Å². The Morgan fingerprint density at radius 3 is 2.71 bits per heavy atom. The number of halogens is 1. The number of guanidine groups is 1. The van der Waals surface area contributed by atoms with Crippen molar-refractivity contribution in [3.05, 3.63) is 42.5 Å². The zero-order valence-electron chi connectivity index (χ0n) is 18.6. The molecule has 0 aromatic heterocycles. The average Bonchev–Trinajstić information content (AvgIpc) is 2.76. The molecule has 1 amide bonds. The van der Waals surface area contributed by atoms with Gasteiger partial charge in [-0.25, -0.2) is 4.99 Å². The van der Waals surface area contributed by atoms with Crippen LogP contribution in [0.5, 0.6) is 5.75 Å². The highest BCUT2D eigenvalue weighted by molar-refractivity contribution is 14.0. The Morgan fingerprint density at radius 2 is 2.03 bits per heavy atom. The van der Waals surface area contributed by atoms with Crippen LogP contribution in [0.3, 0.4) is 0 Å². The fourth-order valence-corrected chi connectivity index (χ4v) is 3.54. The highest BCUT2D eigenvalue weighted by Gasteiger charge is 2.22. The maximum absolute atomic E-state index is 11.3. The van der Waals surface area contributed by atoms with Crippen molar-refractivity contribution in [2.24, 2.45) is 16.6 Å². The molecule has 4 N–H and O–H groups in total. The van der Waals surface area contributed by atoms with Crippen molar-refractivity contribution in [2.75, 3.05) is 39.3 Å². The number of hydrogen-bond acceptors (Lipinski definition) is 4. The Kier molecular flexibility index (Phi) is 14.0. The Balaban J connectivity index is 0.00000480. The third-order valence-corrected chi connectivity index (χ3v) is 5.26. The molecule has 7 nitrogen and oxygen atoms in total. The minimum Gasteiger partial charge on any atom is -0.489 e. The molecule has 1 aliphatic heterocycles. The summed E-state index contributed by atoms with van der Waals surface area (Å²) in [7, 11) is 0. The molecule has 1 aliphatic rings. The summed E-state index contributed by atoms with van der Waals surface area (Å²) in [5.74, 6) is 1.58. The first-order chi connectivity index (χ1) is 14.6. The van der Waals surface area contributed by atoms with Crippen LogP contribution in [-0.2, 0) is 11.3 Å². The van der Waals surface area contributed by atoms with Gasteiger partial charge in [0, 0.05) is 24.6 Å². The maximum atomic E-state index is 11.3. The molecule has 0 saturated carbocycles. The van der Waals surface area contributed by atoms with Crippen molar-refractivity contribution in [3.8, 4) is 5.75 Å². The predicted octanol–water partition coefficient (Wildman–Crippen LogP) is 2.90. The van der Waals surface area contributed by atoms with E-state index in [1.807, 2.05) is 24.3 Å². The molecule has 0 unspecified atom stereocenters. The van der Waals surface area contributed by atoms with E-state index in [1.54, 1.807) is 6.08 Å². The highest BCUT2D eigenvalue weighted by atomic mass is 127. The molecule has 1 heterocycles. The summed E-state index contributed by atoms with van der Waals surface area (Å²) in [5.41, 5.74) is 6.45. The number of carbonyl (C=O) groups excluding carboxylic acids is 1. The van der Waals surface area contributed by atoms with Gasteiger partial charge in [-0.1, -0.05) is 30.9 Å². The lowest BCUT2D eigenvalue weighted by Gasteiger charge is -2.30. The van der Waals surface area contributed by atoms with Crippen LogP contribution in [0.4, 0.5) is 0 Å². The number of hydrogen-bond donors (Lipinski definition) is 3. The monoisotopic (exact) mass is 543 g/mol. The molecular weight excluding hydrogens is 505 g/mol. The van der Waals surface area contributed by atoms with Crippen LogP contribution in [0.25, 0.3) is 0 Å². The molecule has 2 rings (SSSR count). The normalized spacial score (nSPS) is 15.1. The molecule has 8 heteroatoms. The van der Waals surface area contributed by atoms with E-state index in [1.165, 1.54) is 0 Å². The van der Waals surface area contributed by atoms with Crippen molar-refractivity contribution < 1.29 is 9.53 Å². The number of nitrogens with one attached hydrogen (secondary N) is 2. The summed E-state index contributed by atoms with van der Waals surface area (Å²) in [5, 5.41) is 6.71. The number of rotatable bonds is 12. The number of ether oxygens (including phenoxy) is 1. The number of carbonyl (C=O) groups is 1. The average molecular weight is 543 g/mol. The Labute approximate surface area is 203 Å². The van der Waals surface area contributed by atoms with E-state index in [4.69, 9.17) is 15.5 Å². The van der Waals surface area contributed by atoms with E-state index < -0.39 is 0 Å². The van der Waals surface area contributed by atoms with Gasteiger partial charge in [0.2, 0.25) is 5.91 Å². The first kappa shape index (κ1) is 27.2. The number of para-hydroxylation sites is 1. The van der Waals surface area contributed by atoms with E-state index in [0.29, 0.717) is 13.2 Å². The van der Waals surface area contributed by atoms with Crippen LogP contribution in [0.1, 0.15) is 38.2 Å². The molecule has 174 valence electrons. The largest absolute Gasteiger partial charge is 0.489 e. The minimum atomic E-state index is -0.149. The van der Waals surface area contributed by atoms with Crippen LogP contribution in [0.2, 0.25) is 0 Å². The summed E-state index contributed by atoms with van der Waals surface area (Å²) < 4.78 is 5.71. The van der Waals surface area contributed by atoms with Gasteiger partial charge in [0.05, 0.1) is 6.54 Å². The summed E-state index contributed by atoms with van der Waals surface area (Å²) in [6, 6.07) is 7.96. The Bertz CT molecular complexity index is 690. The number of primary amides is 1. The lowest BCUT2D eigenvalue weighted by molar-refractivity contribution is -0.123. The predicted molar refractivity (Wildman–Crippen MR) is 138 cm³/mol.